The first-order valence-electron chi connectivity index (χ1n) is 7.41. The van der Waals surface area contributed by atoms with E-state index in [-0.39, 0.29) is 24.0 Å². The van der Waals surface area contributed by atoms with Crippen molar-refractivity contribution in [3.05, 3.63) is 34.9 Å². The zero-order chi connectivity index (χ0) is 15.4. The zero-order valence-corrected chi connectivity index (χ0v) is 13.3. The van der Waals surface area contributed by atoms with Crippen molar-refractivity contribution in [2.24, 2.45) is 5.92 Å². The molecule has 1 aliphatic rings. The summed E-state index contributed by atoms with van der Waals surface area (Å²) >= 11 is 5.86. The van der Waals surface area contributed by atoms with Gasteiger partial charge in [0.15, 0.2) is 0 Å². The Bertz CT molecular complexity index is 476. The van der Waals surface area contributed by atoms with E-state index in [1.54, 1.807) is 0 Å². The van der Waals surface area contributed by atoms with Gasteiger partial charge in [-0.3, -0.25) is 9.69 Å². The Hall–Kier alpha value is -1.10. The molecule has 1 aliphatic heterocycles. The molecule has 21 heavy (non-hydrogen) atoms. The second-order valence-electron chi connectivity index (χ2n) is 5.87. The predicted molar refractivity (Wildman–Crippen MR) is 84.2 cm³/mol. The van der Waals surface area contributed by atoms with Crippen molar-refractivity contribution in [3.63, 3.8) is 0 Å². The third-order valence-electron chi connectivity index (χ3n) is 4.11. The molecule has 0 aliphatic carbocycles. The molecule has 2 rings (SSSR count). The maximum absolute atomic E-state index is 12.1. The van der Waals surface area contributed by atoms with Crippen molar-refractivity contribution >= 4 is 17.5 Å². The Kier molecular flexibility index (Phi) is 5.62. The fourth-order valence-corrected chi connectivity index (χ4v) is 2.85. The fraction of sp³-hybridized carbons (Fsp3) is 0.562. The van der Waals surface area contributed by atoms with Crippen LogP contribution in [0.5, 0.6) is 0 Å². The third-order valence-corrected chi connectivity index (χ3v) is 4.36. The van der Waals surface area contributed by atoms with Gasteiger partial charge in [-0.2, -0.15) is 0 Å². The highest BCUT2D eigenvalue weighted by Crippen LogP contribution is 2.19. The number of hydrogen-bond acceptors (Lipinski definition) is 3. The van der Waals surface area contributed by atoms with Gasteiger partial charge in [-0.15, -0.1) is 0 Å². The Morgan fingerprint density at radius 1 is 1.43 bits per heavy atom. The van der Waals surface area contributed by atoms with Crippen LogP contribution < -0.4 is 5.32 Å². The number of nitrogens with zero attached hydrogens (tertiary/aromatic N) is 1. The highest BCUT2D eigenvalue weighted by molar-refractivity contribution is 6.30. The van der Waals surface area contributed by atoms with E-state index in [4.69, 9.17) is 11.6 Å². The van der Waals surface area contributed by atoms with Crippen molar-refractivity contribution in [1.82, 2.24) is 10.2 Å². The highest BCUT2D eigenvalue weighted by atomic mass is 35.5. The van der Waals surface area contributed by atoms with Crippen LogP contribution in [-0.2, 0) is 4.79 Å². The minimum atomic E-state index is -0.300. The first-order valence-corrected chi connectivity index (χ1v) is 7.78. The SMILES string of the molecule is CC(NC(=O)CN1CCC(C(C)O)C1)c1ccc(Cl)cc1. The molecule has 1 heterocycles. The van der Waals surface area contributed by atoms with E-state index in [9.17, 15) is 9.90 Å². The van der Waals surface area contributed by atoms with E-state index in [0.29, 0.717) is 11.6 Å². The summed E-state index contributed by atoms with van der Waals surface area (Å²) in [6.07, 6.45) is 0.656. The summed E-state index contributed by atoms with van der Waals surface area (Å²) in [5.41, 5.74) is 1.04. The van der Waals surface area contributed by atoms with E-state index < -0.39 is 0 Å². The van der Waals surface area contributed by atoms with Crippen molar-refractivity contribution in [3.8, 4) is 0 Å². The Balaban J connectivity index is 1.80. The van der Waals surface area contributed by atoms with E-state index in [0.717, 1.165) is 25.1 Å². The summed E-state index contributed by atoms with van der Waals surface area (Å²) in [7, 11) is 0. The average molecular weight is 311 g/mol. The van der Waals surface area contributed by atoms with Gasteiger partial charge in [0.1, 0.15) is 0 Å². The molecular formula is C16H23ClN2O2. The van der Waals surface area contributed by atoms with Gasteiger partial charge >= 0.3 is 0 Å². The Morgan fingerprint density at radius 2 is 2.10 bits per heavy atom. The van der Waals surface area contributed by atoms with Crippen LogP contribution in [0, 0.1) is 5.92 Å². The summed E-state index contributed by atoms with van der Waals surface area (Å²) < 4.78 is 0. The fourth-order valence-electron chi connectivity index (χ4n) is 2.72. The summed E-state index contributed by atoms with van der Waals surface area (Å²) in [4.78, 5) is 14.2. The van der Waals surface area contributed by atoms with Gasteiger partial charge in [0.2, 0.25) is 5.91 Å². The molecule has 0 bridgehead atoms. The standard InChI is InChI=1S/C16H23ClN2O2/c1-11(13-3-5-15(17)6-4-13)18-16(21)10-19-8-7-14(9-19)12(2)20/h3-6,11-12,14,20H,7-10H2,1-2H3,(H,18,21). The highest BCUT2D eigenvalue weighted by Gasteiger charge is 2.27. The van der Waals surface area contributed by atoms with Crippen molar-refractivity contribution < 1.29 is 9.90 Å². The number of rotatable bonds is 5. The number of halogens is 1. The topological polar surface area (TPSA) is 52.6 Å². The summed E-state index contributed by atoms with van der Waals surface area (Å²) in [6.45, 7) is 5.83. The van der Waals surface area contributed by atoms with Crippen molar-refractivity contribution in [2.75, 3.05) is 19.6 Å². The van der Waals surface area contributed by atoms with Gasteiger partial charge in [0.05, 0.1) is 18.7 Å². The Morgan fingerprint density at radius 3 is 2.67 bits per heavy atom. The third kappa shape index (κ3) is 4.70. The van der Waals surface area contributed by atoms with Gasteiger partial charge in [-0.1, -0.05) is 23.7 Å². The number of carbonyl (C=O) groups excluding carboxylic acids is 1. The summed E-state index contributed by atoms with van der Waals surface area (Å²) in [5.74, 6) is 0.301. The normalized spacial score (nSPS) is 22.0. The van der Waals surface area contributed by atoms with E-state index >= 15 is 0 Å². The molecule has 0 aromatic heterocycles. The molecule has 0 radical (unpaired) electrons. The van der Waals surface area contributed by atoms with Crippen molar-refractivity contribution in [2.45, 2.75) is 32.4 Å². The van der Waals surface area contributed by atoms with Crippen LogP contribution in [0.25, 0.3) is 0 Å². The molecule has 4 nitrogen and oxygen atoms in total. The molecular weight excluding hydrogens is 288 g/mol. The van der Waals surface area contributed by atoms with Crippen molar-refractivity contribution in [1.29, 1.82) is 0 Å². The van der Waals surface area contributed by atoms with Crippen LogP contribution in [0.1, 0.15) is 31.9 Å². The van der Waals surface area contributed by atoms with Crippen LogP contribution in [0.2, 0.25) is 5.02 Å². The van der Waals surface area contributed by atoms with Crippen LogP contribution in [0.4, 0.5) is 0 Å². The van der Waals surface area contributed by atoms with Crippen LogP contribution >= 0.6 is 11.6 Å². The minimum Gasteiger partial charge on any atom is -0.393 e. The largest absolute Gasteiger partial charge is 0.393 e. The van der Waals surface area contributed by atoms with Gasteiger partial charge in [0, 0.05) is 11.6 Å². The molecule has 3 unspecified atom stereocenters. The van der Waals surface area contributed by atoms with Crippen LogP contribution in [0.15, 0.2) is 24.3 Å². The molecule has 5 heteroatoms. The Labute approximate surface area is 131 Å². The van der Waals surface area contributed by atoms with E-state index in [1.807, 2.05) is 38.1 Å². The molecule has 116 valence electrons. The number of aliphatic hydroxyl groups is 1. The van der Waals surface area contributed by atoms with Gasteiger partial charge in [-0.05, 0) is 50.4 Å². The maximum Gasteiger partial charge on any atom is 0.234 e. The number of aliphatic hydroxyl groups excluding tert-OH is 1. The van der Waals surface area contributed by atoms with Gasteiger partial charge in [0.25, 0.3) is 0 Å². The second kappa shape index (κ2) is 7.25. The number of carbonyl (C=O) groups is 1. The zero-order valence-electron chi connectivity index (χ0n) is 12.6. The summed E-state index contributed by atoms with van der Waals surface area (Å²) in [5, 5.41) is 13.3. The molecule has 1 aromatic carbocycles. The molecule has 1 aromatic rings. The lowest BCUT2D eigenvalue weighted by molar-refractivity contribution is -0.122. The van der Waals surface area contributed by atoms with Gasteiger partial charge in [-0.25, -0.2) is 0 Å². The lowest BCUT2D eigenvalue weighted by Gasteiger charge is -2.19. The number of amides is 1. The maximum atomic E-state index is 12.1. The molecule has 2 N–H and O–H groups in total. The molecule has 1 amide bonds. The predicted octanol–water partition coefficient (Wildman–Crippen LogP) is 2.22. The summed E-state index contributed by atoms with van der Waals surface area (Å²) in [6, 6.07) is 7.46. The molecule has 0 saturated carbocycles. The first kappa shape index (κ1) is 16.3. The quantitative estimate of drug-likeness (QED) is 0.877. The molecule has 0 spiro atoms. The molecule has 1 saturated heterocycles. The van der Waals surface area contributed by atoms with E-state index in [2.05, 4.69) is 10.2 Å². The lowest BCUT2D eigenvalue weighted by Crippen LogP contribution is -2.37. The van der Waals surface area contributed by atoms with Crippen LogP contribution in [-0.4, -0.2) is 41.7 Å². The second-order valence-corrected chi connectivity index (χ2v) is 6.30. The molecule has 1 fully saturated rings. The smallest absolute Gasteiger partial charge is 0.234 e. The van der Waals surface area contributed by atoms with Crippen LogP contribution in [0.3, 0.4) is 0 Å². The lowest BCUT2D eigenvalue weighted by atomic mass is 10.0. The number of hydrogen-bond donors (Lipinski definition) is 2. The number of nitrogens with one attached hydrogen (secondary N) is 1. The average Bonchev–Trinajstić information content (AvgIpc) is 2.87. The monoisotopic (exact) mass is 310 g/mol. The first-order chi connectivity index (χ1) is 9.95. The van der Waals surface area contributed by atoms with Gasteiger partial charge < -0.3 is 10.4 Å². The number of benzene rings is 1. The number of likely N-dealkylation sites (tertiary alicyclic amines) is 1. The van der Waals surface area contributed by atoms with E-state index in [1.165, 1.54) is 0 Å². The molecule has 3 atom stereocenters. The minimum absolute atomic E-state index is 0.0173.